The van der Waals surface area contributed by atoms with Gasteiger partial charge in [-0.2, -0.15) is 0 Å². The molecular formula is C18H25N3O4. The number of anilines is 1. The zero-order valence-electron chi connectivity index (χ0n) is 15.0. The van der Waals surface area contributed by atoms with Crippen molar-refractivity contribution in [1.82, 2.24) is 10.2 Å². The quantitative estimate of drug-likeness (QED) is 0.562. The second-order valence-corrected chi connectivity index (χ2v) is 6.35. The number of likely N-dealkylation sites (N-methyl/N-ethyl adjacent to an activating group) is 1. The van der Waals surface area contributed by atoms with Gasteiger partial charge in [0, 0.05) is 32.0 Å². The first-order valence-corrected chi connectivity index (χ1v) is 8.36. The lowest BCUT2D eigenvalue weighted by molar-refractivity contribution is -0.121. The zero-order chi connectivity index (χ0) is 18.4. The summed E-state index contributed by atoms with van der Waals surface area (Å²) in [6, 6.07) is 5.00. The number of Topliss-reactive ketones (excluding diaryl/α,β-unsaturated/α-hetero) is 1. The third-order valence-electron chi connectivity index (χ3n) is 4.05. The van der Waals surface area contributed by atoms with Gasteiger partial charge in [-0.25, -0.2) is 0 Å². The van der Waals surface area contributed by atoms with E-state index in [0.29, 0.717) is 23.5 Å². The van der Waals surface area contributed by atoms with Crippen molar-refractivity contribution in [2.24, 2.45) is 0 Å². The van der Waals surface area contributed by atoms with Crippen molar-refractivity contribution in [3.05, 3.63) is 23.8 Å². The van der Waals surface area contributed by atoms with Crippen molar-refractivity contribution in [2.45, 2.75) is 19.3 Å². The first-order chi connectivity index (χ1) is 11.9. The maximum Gasteiger partial charge on any atom is 0.264 e. The number of ketones is 1. The van der Waals surface area contributed by atoms with Crippen LogP contribution in [-0.2, 0) is 9.59 Å². The number of nitrogens with zero attached hydrogens (tertiary/aromatic N) is 2. The number of rotatable bonds is 8. The number of hydrogen-bond donors (Lipinski definition) is 1. The third kappa shape index (κ3) is 5.29. The van der Waals surface area contributed by atoms with Crippen LogP contribution in [0.2, 0.25) is 0 Å². The molecule has 1 heterocycles. The first-order valence-electron chi connectivity index (χ1n) is 8.36. The molecule has 0 saturated heterocycles. The van der Waals surface area contributed by atoms with E-state index in [0.717, 1.165) is 13.0 Å². The molecule has 0 aromatic heterocycles. The number of carbonyl (C=O) groups excluding carboxylic acids is 3. The van der Waals surface area contributed by atoms with Gasteiger partial charge < -0.3 is 19.9 Å². The van der Waals surface area contributed by atoms with Gasteiger partial charge in [0.05, 0.1) is 5.69 Å². The Hall–Kier alpha value is -2.41. The molecule has 0 unspecified atom stereocenters. The summed E-state index contributed by atoms with van der Waals surface area (Å²) in [5.41, 5.74) is 1.06. The summed E-state index contributed by atoms with van der Waals surface area (Å²) in [5.74, 6) is 0.171. The highest BCUT2D eigenvalue weighted by Crippen LogP contribution is 2.32. The lowest BCUT2D eigenvalue weighted by Crippen LogP contribution is -2.35. The van der Waals surface area contributed by atoms with Crippen molar-refractivity contribution < 1.29 is 19.1 Å². The van der Waals surface area contributed by atoms with Crippen molar-refractivity contribution in [1.29, 1.82) is 0 Å². The van der Waals surface area contributed by atoms with E-state index in [9.17, 15) is 14.4 Å². The summed E-state index contributed by atoms with van der Waals surface area (Å²) in [6.07, 6.45) is 1.16. The minimum absolute atomic E-state index is 0.00475. The Bertz CT molecular complexity index is 658. The molecule has 0 atom stereocenters. The highest BCUT2D eigenvalue weighted by molar-refractivity contribution is 6.02. The van der Waals surface area contributed by atoms with Crippen LogP contribution in [0.4, 0.5) is 5.69 Å². The van der Waals surface area contributed by atoms with E-state index >= 15 is 0 Å². The standard InChI is InChI=1S/C18H25N3O4/c1-20(2)10-4-9-19-17(23)8-6-15(22)13-5-7-16-14(11-13)21(3)18(24)12-25-16/h5,7,11H,4,6,8-10,12H2,1-3H3,(H,19,23). The first kappa shape index (κ1) is 18.9. The number of benzene rings is 1. The Morgan fingerprint density at radius 3 is 2.76 bits per heavy atom. The van der Waals surface area contributed by atoms with Crippen LogP contribution in [-0.4, -0.2) is 63.3 Å². The molecule has 2 rings (SSSR count). The van der Waals surface area contributed by atoms with Gasteiger partial charge in [0.1, 0.15) is 5.75 Å². The molecule has 1 aromatic carbocycles. The molecule has 1 aliphatic heterocycles. The third-order valence-corrected chi connectivity index (χ3v) is 4.05. The molecule has 0 aliphatic carbocycles. The van der Waals surface area contributed by atoms with E-state index in [1.54, 1.807) is 25.2 Å². The minimum Gasteiger partial charge on any atom is -0.482 e. The fraction of sp³-hybridized carbons (Fsp3) is 0.500. The van der Waals surface area contributed by atoms with Crippen LogP contribution < -0.4 is 15.0 Å². The fourth-order valence-electron chi connectivity index (χ4n) is 2.53. The van der Waals surface area contributed by atoms with E-state index in [1.165, 1.54) is 4.90 Å². The Kier molecular flexibility index (Phi) is 6.52. The molecule has 0 fully saturated rings. The van der Waals surface area contributed by atoms with Crippen LogP contribution in [0.5, 0.6) is 5.75 Å². The highest BCUT2D eigenvalue weighted by Gasteiger charge is 2.23. The van der Waals surface area contributed by atoms with Gasteiger partial charge in [-0.3, -0.25) is 14.4 Å². The van der Waals surface area contributed by atoms with Crippen LogP contribution in [0.3, 0.4) is 0 Å². The molecule has 7 nitrogen and oxygen atoms in total. The lowest BCUT2D eigenvalue weighted by atomic mass is 10.0. The minimum atomic E-state index is -0.158. The Morgan fingerprint density at radius 2 is 2.04 bits per heavy atom. The molecule has 1 aromatic rings. The molecule has 0 saturated carbocycles. The number of hydrogen-bond acceptors (Lipinski definition) is 5. The Balaban J connectivity index is 1.85. The number of carbonyl (C=O) groups is 3. The van der Waals surface area contributed by atoms with Crippen LogP contribution >= 0.6 is 0 Å². The number of ether oxygens (including phenoxy) is 1. The molecule has 0 spiro atoms. The summed E-state index contributed by atoms with van der Waals surface area (Å²) < 4.78 is 5.34. The van der Waals surface area contributed by atoms with E-state index in [-0.39, 0.29) is 37.0 Å². The van der Waals surface area contributed by atoms with Crippen LogP contribution in [0, 0.1) is 0 Å². The predicted octanol–water partition coefficient (Wildman–Crippen LogP) is 1.07. The van der Waals surface area contributed by atoms with Crippen LogP contribution in [0.25, 0.3) is 0 Å². The summed E-state index contributed by atoms with van der Waals surface area (Å²) in [4.78, 5) is 39.3. The van der Waals surface area contributed by atoms with Crippen molar-refractivity contribution in [3.8, 4) is 5.75 Å². The molecule has 136 valence electrons. The normalized spacial score (nSPS) is 13.4. The van der Waals surface area contributed by atoms with Crippen LogP contribution in [0.1, 0.15) is 29.6 Å². The summed E-state index contributed by atoms with van der Waals surface area (Å²) in [7, 11) is 5.61. The van der Waals surface area contributed by atoms with E-state index < -0.39 is 0 Å². The topological polar surface area (TPSA) is 79.0 Å². The Morgan fingerprint density at radius 1 is 1.28 bits per heavy atom. The summed E-state index contributed by atoms with van der Waals surface area (Å²) >= 11 is 0. The maximum absolute atomic E-state index is 12.3. The number of fused-ring (bicyclic) bond motifs is 1. The van der Waals surface area contributed by atoms with Crippen molar-refractivity contribution in [2.75, 3.05) is 45.7 Å². The van der Waals surface area contributed by atoms with Crippen molar-refractivity contribution in [3.63, 3.8) is 0 Å². The van der Waals surface area contributed by atoms with Gasteiger partial charge in [-0.05, 0) is 45.3 Å². The van der Waals surface area contributed by atoms with Gasteiger partial charge in [0.25, 0.3) is 5.91 Å². The lowest BCUT2D eigenvalue weighted by Gasteiger charge is -2.26. The van der Waals surface area contributed by atoms with E-state index in [1.807, 2.05) is 14.1 Å². The molecular weight excluding hydrogens is 322 g/mol. The van der Waals surface area contributed by atoms with Crippen LogP contribution in [0.15, 0.2) is 18.2 Å². The van der Waals surface area contributed by atoms with Gasteiger partial charge in [0.15, 0.2) is 12.4 Å². The average Bonchev–Trinajstić information content (AvgIpc) is 2.59. The molecule has 7 heteroatoms. The predicted molar refractivity (Wildman–Crippen MR) is 95.1 cm³/mol. The molecule has 0 radical (unpaired) electrons. The van der Waals surface area contributed by atoms with E-state index in [2.05, 4.69) is 10.2 Å². The summed E-state index contributed by atoms with van der Waals surface area (Å²) in [5, 5.41) is 2.82. The number of amides is 2. The van der Waals surface area contributed by atoms with Gasteiger partial charge in [-0.15, -0.1) is 0 Å². The van der Waals surface area contributed by atoms with Gasteiger partial charge in [-0.1, -0.05) is 0 Å². The summed E-state index contributed by atoms with van der Waals surface area (Å²) in [6.45, 7) is 1.52. The smallest absolute Gasteiger partial charge is 0.264 e. The number of nitrogens with one attached hydrogen (secondary N) is 1. The highest BCUT2D eigenvalue weighted by atomic mass is 16.5. The fourth-order valence-corrected chi connectivity index (χ4v) is 2.53. The van der Waals surface area contributed by atoms with Gasteiger partial charge >= 0.3 is 0 Å². The van der Waals surface area contributed by atoms with Gasteiger partial charge in [0.2, 0.25) is 5.91 Å². The molecule has 1 aliphatic rings. The zero-order valence-corrected chi connectivity index (χ0v) is 15.0. The van der Waals surface area contributed by atoms with E-state index in [4.69, 9.17) is 4.74 Å². The molecule has 1 N–H and O–H groups in total. The average molecular weight is 347 g/mol. The SMILES string of the molecule is CN(C)CCCNC(=O)CCC(=O)c1ccc2c(c1)N(C)C(=O)CO2. The maximum atomic E-state index is 12.3. The second kappa shape index (κ2) is 8.62. The monoisotopic (exact) mass is 347 g/mol. The Labute approximate surface area is 147 Å². The molecule has 2 amide bonds. The van der Waals surface area contributed by atoms with Crippen molar-refractivity contribution >= 4 is 23.3 Å². The molecule has 0 bridgehead atoms. The molecule has 25 heavy (non-hydrogen) atoms. The second-order valence-electron chi connectivity index (χ2n) is 6.35. The largest absolute Gasteiger partial charge is 0.482 e.